The van der Waals surface area contributed by atoms with Crippen LogP contribution in [-0.4, -0.2) is 28.8 Å². The first-order chi connectivity index (χ1) is 8.52. The Hall–Kier alpha value is -1.39. The van der Waals surface area contributed by atoms with Crippen molar-refractivity contribution >= 4 is 5.91 Å². The Morgan fingerprint density at radius 3 is 2.39 bits per heavy atom. The quantitative estimate of drug-likeness (QED) is 0.714. The van der Waals surface area contributed by atoms with Crippen LogP contribution in [0, 0.1) is 5.92 Å². The Kier molecular flexibility index (Phi) is 5.82. The van der Waals surface area contributed by atoms with Gasteiger partial charge in [-0.05, 0) is 30.0 Å². The fourth-order valence-corrected chi connectivity index (χ4v) is 1.70. The highest BCUT2D eigenvalue weighted by Gasteiger charge is 2.10. The number of rotatable bonds is 6. The van der Waals surface area contributed by atoms with Crippen molar-refractivity contribution < 1.29 is 15.0 Å². The van der Waals surface area contributed by atoms with E-state index in [9.17, 15) is 9.90 Å². The molecule has 4 nitrogen and oxygen atoms in total. The number of carbonyl (C=O) groups is 1. The van der Waals surface area contributed by atoms with Crippen molar-refractivity contribution in [2.24, 2.45) is 5.92 Å². The molecule has 0 saturated carbocycles. The molecule has 0 fully saturated rings. The fourth-order valence-electron chi connectivity index (χ4n) is 1.70. The summed E-state index contributed by atoms with van der Waals surface area (Å²) in [5.74, 6) is 0.197. The van der Waals surface area contributed by atoms with Gasteiger partial charge in [0.2, 0.25) is 0 Å². The smallest absolute Gasteiger partial charge is 0.251 e. The molecule has 0 aromatic heterocycles. The maximum atomic E-state index is 11.7. The number of amides is 1. The second kappa shape index (κ2) is 7.13. The molecule has 0 bridgehead atoms. The molecule has 1 aromatic rings. The highest BCUT2D eigenvalue weighted by atomic mass is 16.3. The van der Waals surface area contributed by atoms with E-state index >= 15 is 0 Å². The minimum absolute atomic E-state index is 0.0327. The van der Waals surface area contributed by atoms with Crippen LogP contribution in [0.5, 0.6) is 0 Å². The van der Waals surface area contributed by atoms with E-state index in [1.165, 1.54) is 0 Å². The molecule has 3 N–H and O–H groups in total. The van der Waals surface area contributed by atoms with Crippen LogP contribution in [0.3, 0.4) is 0 Å². The van der Waals surface area contributed by atoms with Gasteiger partial charge in [-0.3, -0.25) is 4.79 Å². The zero-order valence-corrected chi connectivity index (χ0v) is 10.9. The van der Waals surface area contributed by atoms with Crippen LogP contribution in [0.25, 0.3) is 0 Å². The number of nitrogens with one attached hydrogen (secondary N) is 1. The second-order valence-corrected chi connectivity index (χ2v) is 4.85. The summed E-state index contributed by atoms with van der Waals surface area (Å²) in [6.07, 6.45) is 0.162. The van der Waals surface area contributed by atoms with Crippen molar-refractivity contribution in [3.05, 3.63) is 35.4 Å². The van der Waals surface area contributed by atoms with E-state index in [1.54, 1.807) is 24.3 Å². The average molecular weight is 251 g/mol. The van der Waals surface area contributed by atoms with E-state index in [4.69, 9.17) is 5.11 Å². The third kappa shape index (κ3) is 4.85. The number of carbonyl (C=O) groups excluding carboxylic acids is 1. The zero-order valence-electron chi connectivity index (χ0n) is 10.9. The van der Waals surface area contributed by atoms with E-state index in [0.717, 1.165) is 5.56 Å². The van der Waals surface area contributed by atoms with Gasteiger partial charge in [0.15, 0.2) is 0 Å². The molecule has 0 spiro atoms. The highest BCUT2D eigenvalue weighted by Crippen LogP contribution is 2.06. The van der Waals surface area contributed by atoms with Gasteiger partial charge in [-0.1, -0.05) is 26.0 Å². The summed E-state index contributed by atoms with van der Waals surface area (Å²) in [4.78, 5) is 11.7. The van der Waals surface area contributed by atoms with Crippen LogP contribution in [0.4, 0.5) is 0 Å². The number of aliphatic hydroxyl groups excluding tert-OH is 2. The summed E-state index contributed by atoms with van der Waals surface area (Å²) in [6.45, 7) is 4.28. The second-order valence-electron chi connectivity index (χ2n) is 4.85. The van der Waals surface area contributed by atoms with Gasteiger partial charge in [0, 0.05) is 12.1 Å². The maximum Gasteiger partial charge on any atom is 0.251 e. The first kappa shape index (κ1) is 14.7. The van der Waals surface area contributed by atoms with E-state index in [-0.39, 0.29) is 19.1 Å². The van der Waals surface area contributed by atoms with E-state index < -0.39 is 6.10 Å². The SMILES string of the molecule is CC(C)CC(O)CNC(=O)c1ccc(CO)cc1. The summed E-state index contributed by atoms with van der Waals surface area (Å²) in [6, 6.07) is 6.74. The molecule has 0 aliphatic carbocycles. The lowest BCUT2D eigenvalue weighted by Gasteiger charge is -2.13. The summed E-state index contributed by atoms with van der Waals surface area (Å²) in [7, 11) is 0. The van der Waals surface area contributed by atoms with Crippen molar-refractivity contribution in [3.8, 4) is 0 Å². The molecule has 0 saturated heterocycles. The molecular formula is C14H21NO3. The monoisotopic (exact) mass is 251 g/mol. The van der Waals surface area contributed by atoms with Crippen molar-refractivity contribution in [2.75, 3.05) is 6.54 Å². The van der Waals surface area contributed by atoms with Crippen molar-refractivity contribution in [3.63, 3.8) is 0 Å². The molecule has 1 aromatic carbocycles. The van der Waals surface area contributed by atoms with Gasteiger partial charge in [-0.25, -0.2) is 0 Å². The van der Waals surface area contributed by atoms with Crippen LogP contribution in [-0.2, 0) is 6.61 Å². The Morgan fingerprint density at radius 2 is 1.89 bits per heavy atom. The standard InChI is InChI=1S/C14H21NO3/c1-10(2)7-13(17)8-15-14(18)12-5-3-11(9-16)4-6-12/h3-6,10,13,16-17H,7-9H2,1-2H3,(H,15,18). The van der Waals surface area contributed by atoms with Crippen LogP contribution in [0.2, 0.25) is 0 Å². The van der Waals surface area contributed by atoms with Gasteiger partial charge < -0.3 is 15.5 Å². The van der Waals surface area contributed by atoms with Gasteiger partial charge in [0.05, 0.1) is 12.7 Å². The number of hydrogen-bond acceptors (Lipinski definition) is 3. The Bertz CT molecular complexity index is 373. The molecular weight excluding hydrogens is 230 g/mol. The number of aliphatic hydroxyl groups is 2. The lowest BCUT2D eigenvalue weighted by atomic mass is 10.1. The van der Waals surface area contributed by atoms with E-state index in [1.807, 2.05) is 13.8 Å². The average Bonchev–Trinajstić information content (AvgIpc) is 2.35. The van der Waals surface area contributed by atoms with Crippen LogP contribution in [0.15, 0.2) is 24.3 Å². The van der Waals surface area contributed by atoms with Crippen molar-refractivity contribution in [1.82, 2.24) is 5.32 Å². The van der Waals surface area contributed by atoms with Gasteiger partial charge >= 0.3 is 0 Å². The maximum absolute atomic E-state index is 11.7. The Balaban J connectivity index is 2.44. The summed E-state index contributed by atoms with van der Waals surface area (Å²) in [5, 5.41) is 21.2. The minimum Gasteiger partial charge on any atom is -0.392 e. The highest BCUT2D eigenvalue weighted by molar-refractivity contribution is 5.94. The summed E-state index contributed by atoms with van der Waals surface area (Å²) < 4.78 is 0. The topological polar surface area (TPSA) is 69.6 Å². The zero-order chi connectivity index (χ0) is 13.5. The lowest BCUT2D eigenvalue weighted by molar-refractivity contribution is 0.0900. The van der Waals surface area contributed by atoms with Crippen molar-refractivity contribution in [1.29, 1.82) is 0 Å². The molecule has 0 aliphatic heterocycles. The van der Waals surface area contributed by atoms with Gasteiger partial charge in [0.1, 0.15) is 0 Å². The molecule has 0 heterocycles. The number of hydrogen-bond donors (Lipinski definition) is 3. The van der Waals surface area contributed by atoms with Gasteiger partial charge in [0.25, 0.3) is 5.91 Å². The van der Waals surface area contributed by atoms with E-state index in [2.05, 4.69) is 5.32 Å². The largest absolute Gasteiger partial charge is 0.392 e. The van der Waals surface area contributed by atoms with E-state index in [0.29, 0.717) is 17.9 Å². The predicted octanol–water partition coefficient (Wildman–Crippen LogP) is 1.32. The first-order valence-corrected chi connectivity index (χ1v) is 6.19. The Morgan fingerprint density at radius 1 is 1.28 bits per heavy atom. The summed E-state index contributed by atoms with van der Waals surface area (Å²) in [5.41, 5.74) is 1.30. The molecule has 1 rings (SSSR count). The first-order valence-electron chi connectivity index (χ1n) is 6.19. The van der Waals surface area contributed by atoms with Crippen molar-refractivity contribution in [2.45, 2.75) is 33.0 Å². The molecule has 1 amide bonds. The van der Waals surface area contributed by atoms with Crippen LogP contribution in [0.1, 0.15) is 36.2 Å². The van der Waals surface area contributed by atoms with Gasteiger partial charge in [-0.15, -0.1) is 0 Å². The molecule has 0 radical (unpaired) electrons. The fraction of sp³-hybridized carbons (Fsp3) is 0.500. The lowest BCUT2D eigenvalue weighted by Crippen LogP contribution is -2.32. The summed E-state index contributed by atoms with van der Waals surface area (Å²) >= 11 is 0. The van der Waals surface area contributed by atoms with Crippen LogP contribution < -0.4 is 5.32 Å². The van der Waals surface area contributed by atoms with Crippen LogP contribution >= 0.6 is 0 Å². The third-order valence-corrected chi connectivity index (χ3v) is 2.64. The number of benzene rings is 1. The third-order valence-electron chi connectivity index (χ3n) is 2.64. The minimum atomic E-state index is -0.509. The Labute approximate surface area is 108 Å². The molecule has 1 unspecified atom stereocenters. The molecule has 0 aliphatic rings. The molecule has 100 valence electrons. The molecule has 4 heteroatoms. The normalized spacial score (nSPS) is 12.5. The molecule has 18 heavy (non-hydrogen) atoms. The molecule has 1 atom stereocenters. The van der Waals surface area contributed by atoms with Gasteiger partial charge in [-0.2, -0.15) is 0 Å². The predicted molar refractivity (Wildman–Crippen MR) is 70.2 cm³/mol.